The average molecular weight is 284 g/mol. The summed E-state index contributed by atoms with van der Waals surface area (Å²) in [5, 5.41) is 3.60. The second-order valence-electron chi connectivity index (χ2n) is 6.15. The van der Waals surface area contributed by atoms with Gasteiger partial charge >= 0.3 is 0 Å². The summed E-state index contributed by atoms with van der Waals surface area (Å²) in [6.07, 6.45) is 7.23. The van der Waals surface area contributed by atoms with Crippen molar-refractivity contribution in [1.29, 1.82) is 0 Å². The number of hydrogen-bond acceptors (Lipinski definition) is 3. The summed E-state index contributed by atoms with van der Waals surface area (Å²) in [5.74, 6) is 2.20. The molecule has 0 aromatic rings. The average Bonchev–Trinajstić information content (AvgIpc) is 2.89. The molecule has 1 N–H and O–H groups in total. The molecule has 0 aromatic carbocycles. The Labute approximate surface area is 117 Å². The molecule has 2 unspecified atom stereocenters. The summed E-state index contributed by atoms with van der Waals surface area (Å²) in [5.41, 5.74) is -0.221. The molecule has 2 aliphatic carbocycles. The lowest BCUT2D eigenvalue weighted by atomic mass is 10.0. The fraction of sp³-hybridized carbons (Fsp3) is 0.929. The van der Waals surface area contributed by atoms with Crippen LogP contribution in [0.25, 0.3) is 0 Å². The molecule has 1 amide bonds. The van der Waals surface area contributed by atoms with Gasteiger partial charge in [0.2, 0.25) is 5.91 Å². The van der Waals surface area contributed by atoms with Gasteiger partial charge in [-0.3, -0.25) is 14.3 Å². The maximum Gasteiger partial charge on any atom is 0.244 e. The Kier molecular flexibility index (Phi) is 3.69. The molecule has 2 saturated carbocycles. The van der Waals surface area contributed by atoms with Gasteiger partial charge in [0.25, 0.3) is 0 Å². The molecule has 3 aliphatic rings. The second kappa shape index (κ2) is 5.17. The van der Waals surface area contributed by atoms with E-state index in [9.17, 15) is 9.00 Å². The Bertz CT molecular complexity index is 389. The van der Waals surface area contributed by atoms with Crippen molar-refractivity contribution < 1.29 is 9.00 Å². The van der Waals surface area contributed by atoms with Crippen molar-refractivity contribution in [2.75, 3.05) is 18.1 Å². The highest BCUT2D eigenvalue weighted by molar-refractivity contribution is 7.84. The van der Waals surface area contributed by atoms with Crippen LogP contribution in [0.1, 0.15) is 45.4 Å². The third-order valence-electron chi connectivity index (χ3n) is 4.91. The third-order valence-corrected chi connectivity index (χ3v) is 6.19. The predicted molar refractivity (Wildman–Crippen MR) is 76.1 cm³/mol. The maximum atomic E-state index is 12.5. The summed E-state index contributed by atoms with van der Waals surface area (Å²) in [4.78, 5) is 14.5. The van der Waals surface area contributed by atoms with E-state index in [0.29, 0.717) is 24.0 Å². The molecule has 5 heteroatoms. The lowest BCUT2D eigenvalue weighted by Crippen LogP contribution is -2.44. The van der Waals surface area contributed by atoms with E-state index < -0.39 is 10.8 Å². The zero-order valence-electron chi connectivity index (χ0n) is 11.7. The van der Waals surface area contributed by atoms with Gasteiger partial charge in [0.05, 0.1) is 11.7 Å². The zero-order valence-corrected chi connectivity index (χ0v) is 12.5. The summed E-state index contributed by atoms with van der Waals surface area (Å²) in [7, 11) is -0.780. The van der Waals surface area contributed by atoms with Crippen molar-refractivity contribution in [3.05, 3.63) is 0 Å². The predicted octanol–water partition coefficient (Wildman–Crippen LogP) is 1.24. The lowest BCUT2D eigenvalue weighted by molar-refractivity contribution is -0.131. The van der Waals surface area contributed by atoms with Crippen LogP contribution in [0.4, 0.5) is 0 Å². The van der Waals surface area contributed by atoms with Gasteiger partial charge in [-0.1, -0.05) is 19.8 Å². The van der Waals surface area contributed by atoms with Crippen LogP contribution in [0.15, 0.2) is 0 Å². The number of nitrogens with one attached hydrogen (secondary N) is 1. The minimum atomic E-state index is -0.780. The Balaban J connectivity index is 1.69. The van der Waals surface area contributed by atoms with E-state index in [4.69, 9.17) is 0 Å². The van der Waals surface area contributed by atoms with Crippen molar-refractivity contribution in [1.82, 2.24) is 10.2 Å². The molecule has 1 spiro atoms. The van der Waals surface area contributed by atoms with E-state index in [1.165, 1.54) is 25.7 Å². The van der Waals surface area contributed by atoms with Crippen molar-refractivity contribution in [2.24, 2.45) is 5.92 Å². The molecule has 1 saturated heterocycles. The van der Waals surface area contributed by atoms with Gasteiger partial charge in [-0.2, -0.15) is 0 Å². The van der Waals surface area contributed by atoms with Gasteiger partial charge in [0, 0.05) is 28.9 Å². The normalized spacial score (nSPS) is 31.3. The van der Waals surface area contributed by atoms with E-state index >= 15 is 0 Å². The number of carbonyl (C=O) groups excluding carboxylic acids is 1. The summed E-state index contributed by atoms with van der Waals surface area (Å²) in [6, 6.07) is 0. The number of hydrogen-bond donors (Lipinski definition) is 1. The van der Waals surface area contributed by atoms with Gasteiger partial charge in [-0.15, -0.1) is 0 Å². The number of rotatable bonds is 5. The van der Waals surface area contributed by atoms with Crippen LogP contribution in [-0.2, 0) is 15.6 Å². The van der Waals surface area contributed by atoms with Crippen LogP contribution in [-0.4, -0.2) is 44.8 Å². The Morgan fingerprint density at radius 3 is 2.63 bits per heavy atom. The molecular formula is C14H24N2O2S. The first-order chi connectivity index (χ1) is 9.16. The fourth-order valence-corrected chi connectivity index (χ4v) is 4.23. The first-order valence-electron chi connectivity index (χ1n) is 7.60. The van der Waals surface area contributed by atoms with E-state index in [-0.39, 0.29) is 17.6 Å². The molecular weight excluding hydrogens is 260 g/mol. The number of nitrogens with zero attached hydrogens (tertiary/aromatic N) is 1. The third kappa shape index (κ3) is 2.47. The first kappa shape index (κ1) is 13.6. The standard InChI is InChI=1S/C14H24N2O2S/c1-2-19(18)10-9-16-12(11-5-3-4-6-11)15-14(7-8-14)13(16)17/h11-12,15H,2-10H2,1H3. The van der Waals surface area contributed by atoms with Crippen LogP contribution >= 0.6 is 0 Å². The molecule has 0 aromatic heterocycles. The minimum Gasteiger partial charge on any atom is -0.324 e. The van der Waals surface area contributed by atoms with E-state index in [2.05, 4.69) is 5.32 Å². The van der Waals surface area contributed by atoms with Gasteiger partial charge in [0.15, 0.2) is 0 Å². The van der Waals surface area contributed by atoms with E-state index in [1.54, 1.807) is 0 Å². The van der Waals surface area contributed by atoms with Crippen molar-refractivity contribution in [3.63, 3.8) is 0 Å². The Morgan fingerprint density at radius 2 is 2.05 bits per heavy atom. The molecule has 108 valence electrons. The molecule has 1 aliphatic heterocycles. The highest BCUT2D eigenvalue weighted by atomic mass is 32.2. The van der Waals surface area contributed by atoms with Crippen LogP contribution in [0.2, 0.25) is 0 Å². The smallest absolute Gasteiger partial charge is 0.244 e. The molecule has 3 fully saturated rings. The minimum absolute atomic E-state index is 0.214. The van der Waals surface area contributed by atoms with Crippen molar-refractivity contribution in [3.8, 4) is 0 Å². The molecule has 1 heterocycles. The zero-order chi connectivity index (χ0) is 13.5. The van der Waals surface area contributed by atoms with Crippen LogP contribution in [0.5, 0.6) is 0 Å². The SMILES string of the molecule is CCS(=O)CCN1C(=O)C2(CC2)NC1C1CCCC1. The largest absolute Gasteiger partial charge is 0.324 e. The fourth-order valence-electron chi connectivity index (χ4n) is 3.54. The lowest BCUT2D eigenvalue weighted by Gasteiger charge is -2.28. The van der Waals surface area contributed by atoms with E-state index in [1.807, 2.05) is 11.8 Å². The molecule has 19 heavy (non-hydrogen) atoms. The van der Waals surface area contributed by atoms with E-state index in [0.717, 1.165) is 12.8 Å². The quantitative estimate of drug-likeness (QED) is 0.826. The van der Waals surface area contributed by atoms with Gasteiger partial charge in [-0.25, -0.2) is 0 Å². The van der Waals surface area contributed by atoms with Gasteiger partial charge < -0.3 is 4.90 Å². The summed E-state index contributed by atoms with van der Waals surface area (Å²) in [6.45, 7) is 2.60. The highest BCUT2D eigenvalue weighted by Crippen LogP contribution is 2.45. The van der Waals surface area contributed by atoms with Crippen LogP contribution < -0.4 is 5.32 Å². The van der Waals surface area contributed by atoms with Crippen LogP contribution in [0, 0.1) is 5.92 Å². The molecule has 4 nitrogen and oxygen atoms in total. The molecule has 2 atom stereocenters. The molecule has 0 radical (unpaired) electrons. The van der Waals surface area contributed by atoms with Gasteiger partial charge in [-0.05, 0) is 31.6 Å². The maximum absolute atomic E-state index is 12.5. The monoisotopic (exact) mass is 284 g/mol. The van der Waals surface area contributed by atoms with Crippen molar-refractivity contribution in [2.45, 2.75) is 57.2 Å². The van der Waals surface area contributed by atoms with Crippen LogP contribution in [0.3, 0.4) is 0 Å². The van der Waals surface area contributed by atoms with Gasteiger partial charge in [0.1, 0.15) is 0 Å². The highest BCUT2D eigenvalue weighted by Gasteiger charge is 2.60. The van der Waals surface area contributed by atoms with Crippen molar-refractivity contribution >= 4 is 16.7 Å². The summed E-state index contributed by atoms with van der Waals surface area (Å²) < 4.78 is 11.6. The Hall–Kier alpha value is -0.420. The second-order valence-corrected chi connectivity index (χ2v) is 8.01. The number of carbonyl (C=O) groups is 1. The molecule has 0 bridgehead atoms. The Morgan fingerprint density at radius 1 is 1.37 bits per heavy atom. The number of amides is 1. The summed E-state index contributed by atoms with van der Waals surface area (Å²) >= 11 is 0. The first-order valence-corrected chi connectivity index (χ1v) is 9.09. The topological polar surface area (TPSA) is 49.4 Å². The molecule has 3 rings (SSSR count).